The zero-order chi connectivity index (χ0) is 16.8. The van der Waals surface area contributed by atoms with Gasteiger partial charge in [0.1, 0.15) is 0 Å². The average Bonchev–Trinajstić information content (AvgIpc) is 2.55. The summed E-state index contributed by atoms with van der Waals surface area (Å²) in [6.07, 6.45) is 1.43. The summed E-state index contributed by atoms with van der Waals surface area (Å²) in [5.74, 6) is 0.482. The number of hydrogen-bond donors (Lipinski definition) is 1. The SMILES string of the molecule is C=C(Cc1ccc(C(=O)O)cc1)Cc1ccc(OC)c(OC)c1. The summed E-state index contributed by atoms with van der Waals surface area (Å²) in [6.45, 7) is 4.11. The summed E-state index contributed by atoms with van der Waals surface area (Å²) < 4.78 is 10.5. The largest absolute Gasteiger partial charge is 0.493 e. The number of benzene rings is 2. The van der Waals surface area contributed by atoms with Crippen molar-refractivity contribution in [2.24, 2.45) is 0 Å². The Balaban J connectivity index is 2.03. The fraction of sp³-hybridized carbons (Fsp3) is 0.211. The molecule has 23 heavy (non-hydrogen) atoms. The molecule has 2 aromatic rings. The molecule has 4 nitrogen and oxygen atoms in total. The van der Waals surface area contributed by atoms with Gasteiger partial charge < -0.3 is 14.6 Å². The number of carboxylic acids is 1. The number of ether oxygens (including phenoxy) is 2. The Kier molecular flexibility index (Phi) is 5.41. The van der Waals surface area contributed by atoms with Crippen molar-refractivity contribution in [1.82, 2.24) is 0 Å². The standard InChI is InChI=1S/C19H20O4/c1-13(10-14-4-7-16(8-5-14)19(20)21)11-15-6-9-17(22-2)18(12-15)23-3/h4-9,12H,1,10-11H2,2-3H3,(H,20,21). The second-order valence-corrected chi connectivity index (χ2v) is 5.29. The Hall–Kier alpha value is -2.75. The van der Waals surface area contributed by atoms with Crippen LogP contribution in [0.15, 0.2) is 54.6 Å². The first-order valence-corrected chi connectivity index (χ1v) is 7.23. The lowest BCUT2D eigenvalue weighted by Gasteiger charge is -2.11. The number of hydrogen-bond acceptors (Lipinski definition) is 3. The summed E-state index contributed by atoms with van der Waals surface area (Å²) in [5, 5.41) is 8.90. The summed E-state index contributed by atoms with van der Waals surface area (Å²) >= 11 is 0. The van der Waals surface area contributed by atoms with Gasteiger partial charge in [-0.2, -0.15) is 0 Å². The number of allylic oxidation sites excluding steroid dienone is 1. The molecule has 0 saturated heterocycles. The first-order chi connectivity index (χ1) is 11.0. The molecule has 2 rings (SSSR count). The molecule has 4 heteroatoms. The molecule has 0 aliphatic rings. The van der Waals surface area contributed by atoms with Gasteiger partial charge in [0.15, 0.2) is 11.5 Å². The lowest BCUT2D eigenvalue weighted by Crippen LogP contribution is -1.98. The van der Waals surface area contributed by atoms with E-state index in [4.69, 9.17) is 14.6 Å². The van der Waals surface area contributed by atoms with Crippen LogP contribution in [-0.2, 0) is 12.8 Å². The van der Waals surface area contributed by atoms with E-state index >= 15 is 0 Å². The van der Waals surface area contributed by atoms with Crippen LogP contribution in [0, 0.1) is 0 Å². The Morgan fingerprint density at radius 2 is 1.52 bits per heavy atom. The molecular formula is C19H20O4. The van der Waals surface area contributed by atoms with Gasteiger partial charge in [-0.1, -0.05) is 30.4 Å². The third-order valence-electron chi connectivity index (χ3n) is 3.56. The minimum Gasteiger partial charge on any atom is -0.493 e. The second kappa shape index (κ2) is 7.49. The second-order valence-electron chi connectivity index (χ2n) is 5.29. The molecule has 0 atom stereocenters. The molecule has 0 unspecified atom stereocenters. The molecule has 0 heterocycles. The van der Waals surface area contributed by atoms with Crippen LogP contribution in [0.2, 0.25) is 0 Å². The zero-order valence-electron chi connectivity index (χ0n) is 13.3. The maximum Gasteiger partial charge on any atom is 0.335 e. The van der Waals surface area contributed by atoms with Crippen LogP contribution in [0.4, 0.5) is 0 Å². The molecule has 120 valence electrons. The van der Waals surface area contributed by atoms with Crippen LogP contribution >= 0.6 is 0 Å². The minimum atomic E-state index is -0.916. The number of rotatable bonds is 7. The Morgan fingerprint density at radius 3 is 2.09 bits per heavy atom. The van der Waals surface area contributed by atoms with E-state index in [1.54, 1.807) is 26.4 Å². The van der Waals surface area contributed by atoms with Gasteiger partial charge in [0, 0.05) is 0 Å². The van der Waals surface area contributed by atoms with E-state index in [0.717, 1.165) is 23.1 Å². The van der Waals surface area contributed by atoms with Crippen LogP contribution < -0.4 is 9.47 Å². The first-order valence-electron chi connectivity index (χ1n) is 7.23. The van der Waals surface area contributed by atoms with Gasteiger partial charge in [0.25, 0.3) is 0 Å². The van der Waals surface area contributed by atoms with Gasteiger partial charge >= 0.3 is 5.97 Å². The van der Waals surface area contributed by atoms with Crippen molar-refractivity contribution in [3.05, 3.63) is 71.3 Å². The highest BCUT2D eigenvalue weighted by Gasteiger charge is 2.07. The van der Waals surface area contributed by atoms with Gasteiger partial charge in [-0.3, -0.25) is 0 Å². The summed E-state index contributed by atoms with van der Waals surface area (Å²) in [5.41, 5.74) is 3.47. The Bertz CT molecular complexity index is 702. The van der Waals surface area contributed by atoms with E-state index in [9.17, 15) is 4.79 Å². The third-order valence-corrected chi connectivity index (χ3v) is 3.56. The molecular weight excluding hydrogens is 292 g/mol. The van der Waals surface area contributed by atoms with Gasteiger partial charge in [0.2, 0.25) is 0 Å². The van der Waals surface area contributed by atoms with Crippen molar-refractivity contribution in [2.45, 2.75) is 12.8 Å². The lowest BCUT2D eigenvalue weighted by molar-refractivity contribution is 0.0697. The first kappa shape index (κ1) is 16.6. The molecule has 0 amide bonds. The van der Waals surface area contributed by atoms with Crippen LogP contribution in [0.25, 0.3) is 0 Å². The van der Waals surface area contributed by atoms with Crippen molar-refractivity contribution < 1.29 is 19.4 Å². The molecule has 0 aliphatic carbocycles. The van der Waals surface area contributed by atoms with E-state index in [1.807, 2.05) is 30.3 Å². The topological polar surface area (TPSA) is 55.8 Å². The highest BCUT2D eigenvalue weighted by Crippen LogP contribution is 2.28. The average molecular weight is 312 g/mol. The molecule has 1 N–H and O–H groups in total. The number of methoxy groups -OCH3 is 2. The quantitative estimate of drug-likeness (QED) is 0.791. The van der Waals surface area contributed by atoms with E-state index in [0.29, 0.717) is 23.5 Å². The van der Waals surface area contributed by atoms with Crippen molar-refractivity contribution in [1.29, 1.82) is 0 Å². The third kappa shape index (κ3) is 4.36. The van der Waals surface area contributed by atoms with Gasteiger partial charge in [-0.15, -0.1) is 0 Å². The summed E-state index contributed by atoms with van der Waals surface area (Å²) in [7, 11) is 3.22. The van der Waals surface area contributed by atoms with Crippen molar-refractivity contribution in [3.8, 4) is 11.5 Å². The zero-order valence-corrected chi connectivity index (χ0v) is 13.3. The van der Waals surface area contributed by atoms with E-state index in [-0.39, 0.29) is 0 Å². The predicted octanol–water partition coefficient (Wildman–Crippen LogP) is 3.74. The van der Waals surface area contributed by atoms with Gasteiger partial charge in [-0.25, -0.2) is 4.79 Å². The fourth-order valence-corrected chi connectivity index (χ4v) is 2.40. The number of aromatic carboxylic acids is 1. The minimum absolute atomic E-state index is 0.291. The molecule has 0 saturated carbocycles. The Labute approximate surface area is 136 Å². The lowest BCUT2D eigenvalue weighted by atomic mass is 9.99. The van der Waals surface area contributed by atoms with Crippen LogP contribution in [0.1, 0.15) is 21.5 Å². The van der Waals surface area contributed by atoms with Gasteiger partial charge in [-0.05, 0) is 48.2 Å². The monoisotopic (exact) mass is 312 g/mol. The van der Waals surface area contributed by atoms with E-state index in [1.165, 1.54) is 0 Å². The molecule has 0 radical (unpaired) electrons. The van der Waals surface area contributed by atoms with Crippen molar-refractivity contribution in [3.63, 3.8) is 0 Å². The molecule has 0 spiro atoms. The van der Waals surface area contributed by atoms with Crippen LogP contribution in [-0.4, -0.2) is 25.3 Å². The molecule has 0 aliphatic heterocycles. The van der Waals surface area contributed by atoms with Crippen LogP contribution in [0.5, 0.6) is 11.5 Å². The maximum absolute atomic E-state index is 10.8. The molecule has 0 aromatic heterocycles. The molecule has 0 bridgehead atoms. The van der Waals surface area contributed by atoms with E-state index < -0.39 is 5.97 Å². The summed E-state index contributed by atoms with van der Waals surface area (Å²) in [6, 6.07) is 12.7. The van der Waals surface area contributed by atoms with Crippen molar-refractivity contribution >= 4 is 5.97 Å². The molecule has 2 aromatic carbocycles. The maximum atomic E-state index is 10.8. The highest BCUT2D eigenvalue weighted by molar-refractivity contribution is 5.87. The summed E-state index contributed by atoms with van der Waals surface area (Å²) in [4.78, 5) is 10.8. The van der Waals surface area contributed by atoms with Crippen molar-refractivity contribution in [2.75, 3.05) is 14.2 Å². The van der Waals surface area contributed by atoms with Crippen LogP contribution in [0.3, 0.4) is 0 Å². The van der Waals surface area contributed by atoms with Gasteiger partial charge in [0.05, 0.1) is 19.8 Å². The molecule has 0 fully saturated rings. The smallest absolute Gasteiger partial charge is 0.335 e. The van der Waals surface area contributed by atoms with E-state index in [2.05, 4.69) is 6.58 Å². The number of carbonyl (C=O) groups is 1. The fourth-order valence-electron chi connectivity index (χ4n) is 2.40. The predicted molar refractivity (Wildman–Crippen MR) is 89.5 cm³/mol. The Morgan fingerprint density at radius 1 is 0.957 bits per heavy atom. The number of carboxylic acid groups (broad SMARTS) is 1. The highest BCUT2D eigenvalue weighted by atomic mass is 16.5. The normalized spacial score (nSPS) is 10.2.